The van der Waals surface area contributed by atoms with Gasteiger partial charge in [-0.2, -0.15) is 12.6 Å². The van der Waals surface area contributed by atoms with Crippen LogP contribution in [-0.4, -0.2) is 91.2 Å². The van der Waals surface area contributed by atoms with Crippen LogP contribution in [0.25, 0.3) is 0 Å². The average Bonchev–Trinajstić information content (AvgIpc) is 3.41. The number of likely N-dealkylation sites (tertiary alicyclic amines) is 1. The number of carboxylic acids is 2. The summed E-state index contributed by atoms with van der Waals surface area (Å²) in [4.78, 5) is 67.8. The predicted octanol–water partition coefficient (Wildman–Crippen LogP) is -2.27. The van der Waals surface area contributed by atoms with Crippen molar-refractivity contribution in [3.05, 3.63) is 18.2 Å². The number of nitrogens with one attached hydrogen (secondary N) is 3. The van der Waals surface area contributed by atoms with Gasteiger partial charge >= 0.3 is 11.9 Å². The molecule has 13 nitrogen and oxygen atoms in total. The van der Waals surface area contributed by atoms with Crippen LogP contribution in [0.4, 0.5) is 0 Å². The highest BCUT2D eigenvalue weighted by molar-refractivity contribution is 7.80. The van der Waals surface area contributed by atoms with Gasteiger partial charge in [-0.25, -0.2) is 9.78 Å². The minimum Gasteiger partial charge on any atom is -0.481 e. The van der Waals surface area contributed by atoms with Crippen LogP contribution in [0.5, 0.6) is 0 Å². The smallest absolute Gasteiger partial charge is 0.326 e. The van der Waals surface area contributed by atoms with Crippen LogP contribution in [0.2, 0.25) is 0 Å². The molecule has 14 heteroatoms. The number of nitrogens with zero attached hydrogens (tertiary/aromatic N) is 2. The fourth-order valence-electron chi connectivity index (χ4n) is 3.34. The molecule has 1 saturated heterocycles. The Hall–Kier alpha value is -3.13. The van der Waals surface area contributed by atoms with Crippen molar-refractivity contribution in [2.45, 2.75) is 49.9 Å². The van der Waals surface area contributed by atoms with Gasteiger partial charge in [-0.05, 0) is 12.8 Å². The summed E-state index contributed by atoms with van der Waals surface area (Å²) in [5, 5.41) is 23.1. The van der Waals surface area contributed by atoms with Crippen molar-refractivity contribution in [3.8, 4) is 0 Å². The molecule has 0 aliphatic carbocycles. The number of imidazole rings is 1. The molecule has 3 amide bonds. The molecule has 1 fully saturated rings. The van der Waals surface area contributed by atoms with Gasteiger partial charge in [-0.1, -0.05) is 0 Å². The van der Waals surface area contributed by atoms with Crippen molar-refractivity contribution in [1.29, 1.82) is 0 Å². The lowest BCUT2D eigenvalue weighted by molar-refractivity contribution is -0.144. The number of H-pyrrole nitrogens is 1. The van der Waals surface area contributed by atoms with E-state index in [1.807, 2.05) is 0 Å². The topological polar surface area (TPSA) is 208 Å². The number of hydrogen-bond acceptors (Lipinski definition) is 8. The Morgan fingerprint density at radius 2 is 1.97 bits per heavy atom. The Bertz CT molecular complexity index is 849. The van der Waals surface area contributed by atoms with Crippen molar-refractivity contribution >= 4 is 42.3 Å². The van der Waals surface area contributed by atoms with Gasteiger partial charge in [0.1, 0.15) is 18.1 Å². The lowest BCUT2D eigenvalue weighted by Gasteiger charge is -2.28. The van der Waals surface area contributed by atoms with Crippen molar-refractivity contribution in [2.24, 2.45) is 5.73 Å². The number of thiol groups is 1. The molecule has 1 aromatic heterocycles. The van der Waals surface area contributed by atoms with E-state index in [2.05, 4.69) is 33.2 Å². The van der Waals surface area contributed by atoms with Gasteiger partial charge in [0, 0.05) is 30.6 Å². The number of amides is 3. The summed E-state index contributed by atoms with van der Waals surface area (Å²) in [6, 6.07) is -4.62. The van der Waals surface area contributed by atoms with Crippen LogP contribution in [0.15, 0.2) is 12.5 Å². The minimum atomic E-state index is -1.29. The van der Waals surface area contributed by atoms with Crippen LogP contribution in [0.3, 0.4) is 0 Å². The van der Waals surface area contributed by atoms with Crippen molar-refractivity contribution in [1.82, 2.24) is 25.5 Å². The highest BCUT2D eigenvalue weighted by Gasteiger charge is 2.38. The van der Waals surface area contributed by atoms with E-state index in [0.29, 0.717) is 18.5 Å². The number of hydrogen-bond donors (Lipinski definition) is 7. The van der Waals surface area contributed by atoms with E-state index in [9.17, 15) is 29.1 Å². The number of aliphatic carboxylic acids is 2. The number of aromatic amines is 1. The normalized spacial score (nSPS) is 18.4. The molecule has 7 N–H and O–H groups in total. The Morgan fingerprint density at radius 1 is 1.25 bits per heavy atom. The van der Waals surface area contributed by atoms with E-state index in [1.54, 1.807) is 0 Å². The second-order valence-electron chi connectivity index (χ2n) is 7.32. The zero-order valence-electron chi connectivity index (χ0n) is 17.1. The largest absolute Gasteiger partial charge is 0.481 e. The van der Waals surface area contributed by atoms with Gasteiger partial charge in [-0.3, -0.25) is 19.2 Å². The summed E-state index contributed by atoms with van der Waals surface area (Å²) >= 11 is 4.06. The SMILES string of the molecule is NC(CC(=O)O)C(=O)N1CCCC1C(=O)NC(CS)C(=O)NC(Cc1cnc[nH]1)C(=O)O. The van der Waals surface area contributed by atoms with Crippen LogP contribution in [0, 0.1) is 0 Å². The Kier molecular flexibility index (Phi) is 9.02. The molecular formula is C18H26N6O7S. The number of aromatic nitrogens is 2. The molecule has 1 aromatic rings. The van der Waals surface area contributed by atoms with Crippen LogP contribution >= 0.6 is 12.6 Å². The quantitative estimate of drug-likeness (QED) is 0.174. The number of carbonyl (C=O) groups excluding carboxylic acids is 3. The molecule has 0 radical (unpaired) electrons. The number of rotatable bonds is 11. The third kappa shape index (κ3) is 6.68. The highest BCUT2D eigenvalue weighted by atomic mass is 32.1. The Balaban J connectivity index is 2.00. The Labute approximate surface area is 188 Å². The molecule has 4 atom stereocenters. The lowest BCUT2D eigenvalue weighted by Crippen LogP contribution is -2.57. The Morgan fingerprint density at radius 3 is 2.53 bits per heavy atom. The molecule has 2 rings (SSSR count). The number of carboxylic acid groups (broad SMARTS) is 2. The molecule has 32 heavy (non-hydrogen) atoms. The van der Waals surface area contributed by atoms with E-state index in [1.165, 1.54) is 17.4 Å². The molecule has 0 bridgehead atoms. The van der Waals surface area contributed by atoms with Gasteiger partial charge < -0.3 is 36.5 Å². The molecule has 1 aliphatic rings. The third-order valence-corrected chi connectivity index (χ3v) is 5.32. The van der Waals surface area contributed by atoms with Crippen molar-refractivity contribution in [3.63, 3.8) is 0 Å². The maximum atomic E-state index is 12.7. The summed E-state index contributed by atoms with van der Waals surface area (Å²) in [5.41, 5.74) is 6.13. The summed E-state index contributed by atoms with van der Waals surface area (Å²) in [7, 11) is 0. The van der Waals surface area contributed by atoms with E-state index in [4.69, 9.17) is 10.8 Å². The average molecular weight is 471 g/mol. The molecular weight excluding hydrogens is 444 g/mol. The zero-order chi connectivity index (χ0) is 23.8. The molecule has 4 unspecified atom stereocenters. The first-order chi connectivity index (χ1) is 15.1. The monoisotopic (exact) mass is 470 g/mol. The standard InChI is InChI=1S/C18H26N6O7S/c19-10(5-14(25)26)17(29)24-3-1-2-13(24)16(28)23-12(7-32)15(27)22-11(18(30)31)4-9-6-20-8-21-9/h6,8,10-13,32H,1-5,7,19H2,(H,20,21)(H,22,27)(H,23,28)(H,25,26)(H,30,31). The maximum absolute atomic E-state index is 12.7. The predicted molar refractivity (Wildman–Crippen MR) is 113 cm³/mol. The van der Waals surface area contributed by atoms with Crippen molar-refractivity contribution < 1.29 is 34.2 Å². The first kappa shape index (κ1) is 25.1. The van der Waals surface area contributed by atoms with Crippen LogP contribution in [-0.2, 0) is 30.4 Å². The van der Waals surface area contributed by atoms with Crippen LogP contribution in [0.1, 0.15) is 25.0 Å². The second kappa shape index (κ2) is 11.5. The van der Waals surface area contributed by atoms with Gasteiger partial charge in [0.2, 0.25) is 17.7 Å². The summed E-state index contributed by atoms with van der Waals surface area (Å²) in [6.45, 7) is 0.229. The first-order valence-corrected chi connectivity index (χ1v) is 10.5. The fraction of sp³-hybridized carbons (Fsp3) is 0.556. The highest BCUT2D eigenvalue weighted by Crippen LogP contribution is 2.19. The van der Waals surface area contributed by atoms with E-state index >= 15 is 0 Å². The van der Waals surface area contributed by atoms with Gasteiger partial charge in [-0.15, -0.1) is 0 Å². The fourth-order valence-corrected chi connectivity index (χ4v) is 3.60. The molecule has 0 spiro atoms. The molecule has 2 heterocycles. The second-order valence-corrected chi connectivity index (χ2v) is 7.68. The molecule has 0 saturated carbocycles. The summed E-state index contributed by atoms with van der Waals surface area (Å²) < 4.78 is 0. The molecule has 1 aliphatic heterocycles. The van der Waals surface area contributed by atoms with Gasteiger partial charge in [0.25, 0.3) is 0 Å². The van der Waals surface area contributed by atoms with Crippen molar-refractivity contribution in [2.75, 3.05) is 12.3 Å². The van der Waals surface area contributed by atoms with Gasteiger partial charge in [0.15, 0.2) is 0 Å². The van der Waals surface area contributed by atoms with E-state index in [-0.39, 0.29) is 18.7 Å². The number of carbonyl (C=O) groups is 5. The summed E-state index contributed by atoms with van der Waals surface area (Å²) in [6.07, 6.45) is 3.02. The van der Waals surface area contributed by atoms with E-state index in [0.717, 1.165) is 0 Å². The summed E-state index contributed by atoms with van der Waals surface area (Å²) in [5.74, 6) is -4.67. The molecule has 176 valence electrons. The first-order valence-electron chi connectivity index (χ1n) is 9.83. The zero-order valence-corrected chi connectivity index (χ0v) is 18.0. The maximum Gasteiger partial charge on any atom is 0.326 e. The van der Waals surface area contributed by atoms with Crippen LogP contribution < -0.4 is 16.4 Å². The molecule has 0 aromatic carbocycles. The number of nitrogens with two attached hydrogens (primary N) is 1. The van der Waals surface area contributed by atoms with E-state index < -0.39 is 60.2 Å². The minimum absolute atomic E-state index is 0.0410. The third-order valence-electron chi connectivity index (χ3n) is 4.96. The van der Waals surface area contributed by atoms with Gasteiger partial charge in [0.05, 0.1) is 18.8 Å². The lowest BCUT2D eigenvalue weighted by atomic mass is 10.1.